The topological polar surface area (TPSA) is 116 Å². The van der Waals surface area contributed by atoms with Gasteiger partial charge in [0.1, 0.15) is 12.9 Å². The van der Waals surface area contributed by atoms with Crippen LogP contribution in [0.15, 0.2) is 30.6 Å². The minimum Gasteiger partial charge on any atom is -0.350 e. The molecular formula is C14H17N9O. The van der Waals surface area contributed by atoms with E-state index in [2.05, 4.69) is 36.3 Å². The largest absolute Gasteiger partial charge is 0.350 e. The van der Waals surface area contributed by atoms with Crippen LogP contribution in [0.25, 0.3) is 17.1 Å². The second-order valence-electron chi connectivity index (χ2n) is 6.21. The minimum atomic E-state index is -0.312. The number of nitrogens with one attached hydrogen (secondary N) is 1. The van der Waals surface area contributed by atoms with Gasteiger partial charge in [0.25, 0.3) is 0 Å². The molecule has 0 radical (unpaired) electrons. The number of aromatic nitrogens is 8. The van der Waals surface area contributed by atoms with Gasteiger partial charge in [0.2, 0.25) is 11.7 Å². The first-order valence-corrected chi connectivity index (χ1v) is 7.34. The van der Waals surface area contributed by atoms with E-state index in [1.165, 1.54) is 15.8 Å². The molecular weight excluding hydrogens is 310 g/mol. The molecule has 0 fully saturated rings. The van der Waals surface area contributed by atoms with Crippen LogP contribution in [0, 0.1) is 0 Å². The summed E-state index contributed by atoms with van der Waals surface area (Å²) in [5, 5.41) is 26.2. The number of para-hydroxylation sites is 1. The molecule has 0 atom stereocenters. The average Bonchev–Trinajstić information content (AvgIpc) is 3.16. The molecule has 0 unspecified atom stereocenters. The fourth-order valence-corrected chi connectivity index (χ4v) is 2.14. The van der Waals surface area contributed by atoms with Crippen molar-refractivity contribution >= 4 is 5.91 Å². The quantitative estimate of drug-likeness (QED) is 0.729. The van der Waals surface area contributed by atoms with Crippen LogP contribution < -0.4 is 5.32 Å². The minimum absolute atomic E-state index is 0.00266. The summed E-state index contributed by atoms with van der Waals surface area (Å²) in [4.78, 5) is 13.2. The monoisotopic (exact) mass is 327 g/mol. The lowest BCUT2D eigenvalue weighted by molar-refractivity contribution is -0.123. The number of nitrogens with zero attached hydrogens (tertiary/aromatic N) is 8. The smallest absolute Gasteiger partial charge is 0.244 e. The number of rotatable bonds is 4. The third kappa shape index (κ3) is 3.59. The van der Waals surface area contributed by atoms with Crippen molar-refractivity contribution in [3.63, 3.8) is 0 Å². The van der Waals surface area contributed by atoms with Gasteiger partial charge in [-0.25, -0.2) is 0 Å². The van der Waals surface area contributed by atoms with E-state index in [1.54, 1.807) is 0 Å². The predicted molar refractivity (Wildman–Crippen MR) is 83.9 cm³/mol. The van der Waals surface area contributed by atoms with E-state index in [-0.39, 0.29) is 18.0 Å². The number of amides is 1. The highest BCUT2D eigenvalue weighted by molar-refractivity contribution is 5.76. The van der Waals surface area contributed by atoms with E-state index in [0.717, 1.165) is 5.69 Å². The number of hydrogen-bond donors (Lipinski definition) is 1. The maximum Gasteiger partial charge on any atom is 0.244 e. The SMILES string of the molecule is CC(C)(C)NC(=O)Cn1nnc(-c2ccccc2-n2cnnn2)n1. The summed E-state index contributed by atoms with van der Waals surface area (Å²) in [6.07, 6.45) is 1.49. The number of tetrazole rings is 2. The van der Waals surface area contributed by atoms with Gasteiger partial charge in [-0.2, -0.15) is 9.48 Å². The van der Waals surface area contributed by atoms with E-state index >= 15 is 0 Å². The molecule has 1 aromatic carbocycles. The summed E-state index contributed by atoms with van der Waals surface area (Å²) in [5.41, 5.74) is 1.13. The summed E-state index contributed by atoms with van der Waals surface area (Å²) >= 11 is 0. The Hall–Kier alpha value is -3.17. The van der Waals surface area contributed by atoms with Crippen molar-refractivity contribution in [2.45, 2.75) is 32.9 Å². The molecule has 0 aliphatic heterocycles. The third-order valence-electron chi connectivity index (χ3n) is 2.99. The van der Waals surface area contributed by atoms with Gasteiger partial charge in [-0.15, -0.1) is 15.3 Å². The first-order valence-electron chi connectivity index (χ1n) is 7.34. The van der Waals surface area contributed by atoms with Gasteiger partial charge in [-0.05, 0) is 48.5 Å². The normalized spacial score (nSPS) is 11.5. The Morgan fingerprint density at radius 3 is 2.71 bits per heavy atom. The predicted octanol–water partition coefficient (Wildman–Crippen LogP) is 0.230. The van der Waals surface area contributed by atoms with Crippen molar-refractivity contribution in [2.75, 3.05) is 0 Å². The van der Waals surface area contributed by atoms with Gasteiger partial charge in [-0.3, -0.25) is 4.79 Å². The summed E-state index contributed by atoms with van der Waals surface area (Å²) in [6.45, 7) is 5.73. The molecule has 0 saturated heterocycles. The van der Waals surface area contributed by atoms with Crippen LogP contribution in [0.2, 0.25) is 0 Å². The van der Waals surface area contributed by atoms with Crippen LogP contribution in [0.4, 0.5) is 0 Å². The molecule has 124 valence electrons. The summed E-state index contributed by atoms with van der Waals surface area (Å²) in [6, 6.07) is 7.41. The Morgan fingerprint density at radius 1 is 1.21 bits per heavy atom. The lowest BCUT2D eigenvalue weighted by atomic mass is 10.1. The highest BCUT2D eigenvalue weighted by atomic mass is 16.2. The van der Waals surface area contributed by atoms with E-state index in [9.17, 15) is 4.79 Å². The molecule has 3 aromatic rings. The maximum absolute atomic E-state index is 12.0. The molecule has 10 nitrogen and oxygen atoms in total. The molecule has 0 aliphatic rings. The number of hydrogen-bond acceptors (Lipinski definition) is 7. The molecule has 1 amide bonds. The van der Waals surface area contributed by atoms with Crippen LogP contribution in [-0.4, -0.2) is 51.9 Å². The molecule has 2 aromatic heterocycles. The lowest BCUT2D eigenvalue weighted by Crippen LogP contribution is -2.42. The van der Waals surface area contributed by atoms with Gasteiger partial charge in [0.05, 0.1) is 5.69 Å². The van der Waals surface area contributed by atoms with Crippen molar-refractivity contribution in [1.82, 2.24) is 45.7 Å². The summed E-state index contributed by atoms with van der Waals surface area (Å²) < 4.78 is 1.52. The first-order chi connectivity index (χ1) is 11.4. The fourth-order valence-electron chi connectivity index (χ4n) is 2.14. The molecule has 1 N–H and O–H groups in total. The van der Waals surface area contributed by atoms with Crippen molar-refractivity contribution in [3.8, 4) is 17.1 Å². The Kier molecular flexibility index (Phi) is 4.02. The van der Waals surface area contributed by atoms with Crippen molar-refractivity contribution < 1.29 is 4.79 Å². The van der Waals surface area contributed by atoms with Crippen LogP contribution in [-0.2, 0) is 11.3 Å². The molecule has 2 heterocycles. The Balaban J connectivity index is 1.83. The standard InChI is InChI=1S/C14H17N9O/c1-14(2,3)16-12(24)8-23-18-13(17-20-23)10-6-4-5-7-11(10)22-9-15-19-21-22/h4-7,9H,8H2,1-3H3,(H,16,24). The van der Waals surface area contributed by atoms with E-state index in [1.807, 2.05) is 45.0 Å². The molecule has 0 bridgehead atoms. The van der Waals surface area contributed by atoms with Crippen LogP contribution in [0.3, 0.4) is 0 Å². The molecule has 0 saturated carbocycles. The van der Waals surface area contributed by atoms with Gasteiger partial charge < -0.3 is 5.32 Å². The second-order valence-corrected chi connectivity index (χ2v) is 6.21. The first kappa shape index (κ1) is 15.7. The van der Waals surface area contributed by atoms with Crippen molar-refractivity contribution in [2.24, 2.45) is 0 Å². The Morgan fingerprint density at radius 2 is 2.00 bits per heavy atom. The van der Waals surface area contributed by atoms with E-state index in [0.29, 0.717) is 11.4 Å². The lowest BCUT2D eigenvalue weighted by Gasteiger charge is -2.19. The van der Waals surface area contributed by atoms with Gasteiger partial charge in [-0.1, -0.05) is 12.1 Å². The Labute approximate surface area is 137 Å². The van der Waals surface area contributed by atoms with Gasteiger partial charge >= 0.3 is 0 Å². The summed E-state index contributed by atoms with van der Waals surface area (Å²) in [7, 11) is 0. The zero-order valence-electron chi connectivity index (χ0n) is 13.6. The van der Waals surface area contributed by atoms with Crippen molar-refractivity contribution in [3.05, 3.63) is 30.6 Å². The molecule has 0 spiro atoms. The summed E-state index contributed by atoms with van der Waals surface area (Å²) in [5.74, 6) is 0.213. The third-order valence-corrected chi connectivity index (χ3v) is 2.99. The van der Waals surface area contributed by atoms with Crippen LogP contribution >= 0.6 is 0 Å². The van der Waals surface area contributed by atoms with Crippen LogP contribution in [0.1, 0.15) is 20.8 Å². The van der Waals surface area contributed by atoms with Crippen molar-refractivity contribution in [1.29, 1.82) is 0 Å². The number of carbonyl (C=O) groups is 1. The van der Waals surface area contributed by atoms with Gasteiger partial charge in [0.15, 0.2) is 0 Å². The zero-order chi connectivity index (χ0) is 17.2. The number of carbonyl (C=O) groups excluding carboxylic acids is 1. The van der Waals surface area contributed by atoms with E-state index in [4.69, 9.17) is 0 Å². The van der Waals surface area contributed by atoms with Gasteiger partial charge in [0, 0.05) is 11.1 Å². The Bertz CT molecular complexity index is 832. The van der Waals surface area contributed by atoms with Crippen LogP contribution in [0.5, 0.6) is 0 Å². The molecule has 10 heteroatoms. The average molecular weight is 327 g/mol. The number of benzene rings is 1. The van der Waals surface area contributed by atoms with E-state index < -0.39 is 0 Å². The maximum atomic E-state index is 12.0. The second kappa shape index (κ2) is 6.14. The highest BCUT2D eigenvalue weighted by Gasteiger charge is 2.17. The zero-order valence-corrected chi connectivity index (χ0v) is 13.6. The molecule has 3 rings (SSSR count). The molecule has 24 heavy (non-hydrogen) atoms. The highest BCUT2D eigenvalue weighted by Crippen LogP contribution is 2.21. The fraction of sp³-hybridized carbons (Fsp3) is 0.357. The molecule has 0 aliphatic carbocycles.